The third-order valence-corrected chi connectivity index (χ3v) is 3.20. The van der Waals surface area contributed by atoms with Crippen LogP contribution in [0.4, 0.5) is 4.39 Å². The van der Waals surface area contributed by atoms with Crippen molar-refractivity contribution < 1.29 is 23.5 Å². The number of hydrogen-bond donors (Lipinski definition) is 1. The number of rotatable bonds is 4. The Bertz CT molecular complexity index is 771. The Morgan fingerprint density at radius 1 is 1.04 bits per heavy atom. The number of fused-ring (bicyclic) bond motifs is 1. The summed E-state index contributed by atoms with van der Waals surface area (Å²) in [6.07, 6.45) is 0. The lowest BCUT2D eigenvalue weighted by Crippen LogP contribution is -2.47. The number of amides is 3. The smallest absolute Gasteiger partial charge is 0.280 e. The van der Waals surface area contributed by atoms with Crippen LogP contribution in [0.2, 0.25) is 0 Å². The molecule has 0 fully saturated rings. The molecular weight excluding hydrogens is 303 g/mol. The van der Waals surface area contributed by atoms with Crippen molar-refractivity contribution in [2.24, 2.45) is 0 Å². The fraction of sp³-hybridized carbons (Fsp3) is 0.0625. The van der Waals surface area contributed by atoms with Crippen LogP contribution in [0.1, 0.15) is 20.7 Å². The molecule has 0 spiro atoms. The van der Waals surface area contributed by atoms with Gasteiger partial charge in [-0.25, -0.2) is 4.39 Å². The lowest BCUT2D eigenvalue weighted by molar-refractivity contribution is -0.126. The summed E-state index contributed by atoms with van der Waals surface area (Å²) in [5.41, 5.74) is 2.64. The molecule has 1 aliphatic heterocycles. The minimum absolute atomic E-state index is 0.169. The van der Waals surface area contributed by atoms with E-state index >= 15 is 0 Å². The van der Waals surface area contributed by atoms with Crippen molar-refractivity contribution in [1.29, 1.82) is 0 Å². The SMILES string of the molecule is O=C(COc1cccc(F)c1)NN1C(=O)c2ccccc2C1=O. The molecule has 2 aromatic carbocycles. The van der Waals surface area contributed by atoms with E-state index in [-0.39, 0.29) is 16.9 Å². The predicted molar refractivity (Wildman–Crippen MR) is 77.0 cm³/mol. The summed E-state index contributed by atoms with van der Waals surface area (Å²) in [6.45, 7) is -0.461. The molecule has 23 heavy (non-hydrogen) atoms. The summed E-state index contributed by atoms with van der Waals surface area (Å²) >= 11 is 0. The van der Waals surface area contributed by atoms with Crippen LogP contribution in [0.25, 0.3) is 0 Å². The van der Waals surface area contributed by atoms with Crippen molar-refractivity contribution in [3.8, 4) is 5.75 Å². The number of nitrogens with zero attached hydrogens (tertiary/aromatic N) is 1. The van der Waals surface area contributed by atoms with Crippen molar-refractivity contribution in [1.82, 2.24) is 10.4 Å². The van der Waals surface area contributed by atoms with E-state index in [4.69, 9.17) is 4.74 Å². The summed E-state index contributed by atoms with van der Waals surface area (Å²) in [5.74, 6) is -2.25. The van der Waals surface area contributed by atoms with Gasteiger partial charge in [0.1, 0.15) is 11.6 Å². The minimum atomic E-state index is -0.705. The largest absolute Gasteiger partial charge is 0.484 e. The fourth-order valence-corrected chi connectivity index (χ4v) is 2.15. The third-order valence-electron chi connectivity index (χ3n) is 3.20. The van der Waals surface area contributed by atoms with Crippen molar-refractivity contribution in [2.75, 3.05) is 6.61 Å². The van der Waals surface area contributed by atoms with Crippen LogP contribution in [-0.2, 0) is 4.79 Å². The van der Waals surface area contributed by atoms with Gasteiger partial charge in [-0.05, 0) is 24.3 Å². The zero-order chi connectivity index (χ0) is 16.4. The quantitative estimate of drug-likeness (QED) is 0.869. The van der Waals surface area contributed by atoms with Gasteiger partial charge in [0.25, 0.3) is 17.7 Å². The molecule has 0 bridgehead atoms. The summed E-state index contributed by atoms with van der Waals surface area (Å²) < 4.78 is 18.1. The molecule has 116 valence electrons. The third kappa shape index (κ3) is 2.89. The Balaban J connectivity index is 1.63. The number of hydrazine groups is 1. The van der Waals surface area contributed by atoms with Crippen LogP contribution in [0.5, 0.6) is 5.75 Å². The highest BCUT2D eigenvalue weighted by atomic mass is 19.1. The van der Waals surface area contributed by atoms with Gasteiger partial charge in [-0.1, -0.05) is 18.2 Å². The van der Waals surface area contributed by atoms with E-state index in [1.165, 1.54) is 30.3 Å². The fourth-order valence-electron chi connectivity index (χ4n) is 2.15. The molecule has 1 heterocycles. The average molecular weight is 314 g/mol. The second kappa shape index (κ2) is 5.88. The Hall–Kier alpha value is -3.22. The number of imide groups is 1. The van der Waals surface area contributed by atoms with Crippen molar-refractivity contribution in [2.45, 2.75) is 0 Å². The Labute approximate surface area is 130 Å². The first kappa shape index (κ1) is 14.7. The van der Waals surface area contributed by atoms with Gasteiger partial charge in [0.05, 0.1) is 11.1 Å². The second-order valence-corrected chi connectivity index (χ2v) is 4.77. The maximum absolute atomic E-state index is 13.0. The summed E-state index contributed by atoms with van der Waals surface area (Å²) in [6, 6.07) is 11.5. The maximum atomic E-state index is 13.0. The van der Waals surface area contributed by atoms with Crippen LogP contribution in [0.15, 0.2) is 48.5 Å². The summed E-state index contributed by atoms with van der Waals surface area (Å²) in [4.78, 5) is 35.9. The zero-order valence-electron chi connectivity index (χ0n) is 11.8. The molecular formula is C16H11FN2O4. The van der Waals surface area contributed by atoms with Crippen LogP contribution in [0, 0.1) is 5.82 Å². The second-order valence-electron chi connectivity index (χ2n) is 4.77. The highest BCUT2D eigenvalue weighted by Gasteiger charge is 2.36. The van der Waals surface area contributed by atoms with E-state index in [1.54, 1.807) is 12.1 Å². The Morgan fingerprint density at radius 3 is 2.30 bits per heavy atom. The summed E-state index contributed by atoms with van der Waals surface area (Å²) in [5, 5.41) is 0.641. The maximum Gasteiger partial charge on any atom is 0.280 e. The normalized spacial score (nSPS) is 13.0. The molecule has 0 radical (unpaired) electrons. The first-order chi connectivity index (χ1) is 11.1. The van der Waals surface area contributed by atoms with E-state index < -0.39 is 30.1 Å². The molecule has 0 saturated heterocycles. The Morgan fingerprint density at radius 2 is 1.70 bits per heavy atom. The van der Waals surface area contributed by atoms with Crippen LogP contribution in [0.3, 0.4) is 0 Å². The van der Waals surface area contributed by atoms with Gasteiger partial charge in [-0.3, -0.25) is 19.8 Å². The van der Waals surface area contributed by atoms with Crippen LogP contribution >= 0.6 is 0 Å². The molecule has 1 aliphatic rings. The standard InChI is InChI=1S/C16H11FN2O4/c17-10-4-3-5-11(8-10)23-9-14(20)18-19-15(21)12-6-1-2-7-13(12)16(19)22/h1-8H,9H2,(H,18,20). The molecule has 6 nitrogen and oxygen atoms in total. The van der Waals surface area contributed by atoms with Gasteiger partial charge in [0.15, 0.2) is 6.61 Å². The van der Waals surface area contributed by atoms with Gasteiger partial charge in [0.2, 0.25) is 0 Å². The van der Waals surface area contributed by atoms with Crippen molar-refractivity contribution >= 4 is 17.7 Å². The van der Waals surface area contributed by atoms with Gasteiger partial charge >= 0.3 is 0 Å². The number of ether oxygens (including phenoxy) is 1. The molecule has 3 rings (SSSR count). The number of nitrogens with one attached hydrogen (secondary N) is 1. The highest BCUT2D eigenvalue weighted by molar-refractivity contribution is 6.21. The molecule has 0 aliphatic carbocycles. The molecule has 2 aromatic rings. The first-order valence-corrected chi connectivity index (χ1v) is 6.72. The van der Waals surface area contributed by atoms with E-state index in [2.05, 4.69) is 5.43 Å². The van der Waals surface area contributed by atoms with E-state index in [1.807, 2.05) is 0 Å². The summed E-state index contributed by atoms with van der Waals surface area (Å²) in [7, 11) is 0. The lowest BCUT2D eigenvalue weighted by atomic mass is 10.1. The molecule has 0 atom stereocenters. The van der Waals surface area contributed by atoms with Gasteiger partial charge in [-0.15, -0.1) is 0 Å². The van der Waals surface area contributed by atoms with Crippen LogP contribution < -0.4 is 10.2 Å². The van der Waals surface area contributed by atoms with Gasteiger partial charge in [-0.2, -0.15) is 5.01 Å². The number of hydrogen-bond acceptors (Lipinski definition) is 4. The highest BCUT2D eigenvalue weighted by Crippen LogP contribution is 2.20. The molecule has 7 heteroatoms. The molecule has 0 aromatic heterocycles. The van der Waals surface area contributed by atoms with Crippen molar-refractivity contribution in [3.63, 3.8) is 0 Å². The number of halogens is 1. The predicted octanol–water partition coefficient (Wildman–Crippen LogP) is 1.53. The first-order valence-electron chi connectivity index (χ1n) is 6.72. The number of benzene rings is 2. The number of carbonyl (C=O) groups excluding carboxylic acids is 3. The van der Waals surface area contributed by atoms with Crippen LogP contribution in [-0.4, -0.2) is 29.3 Å². The average Bonchev–Trinajstić information content (AvgIpc) is 2.79. The monoisotopic (exact) mass is 314 g/mol. The molecule has 0 saturated carbocycles. The van der Waals surface area contributed by atoms with E-state index in [0.717, 1.165) is 6.07 Å². The van der Waals surface area contributed by atoms with E-state index in [9.17, 15) is 18.8 Å². The Kier molecular flexibility index (Phi) is 3.76. The molecule has 0 unspecified atom stereocenters. The van der Waals surface area contributed by atoms with Gasteiger partial charge < -0.3 is 4.74 Å². The molecule has 1 N–H and O–H groups in total. The van der Waals surface area contributed by atoms with Gasteiger partial charge in [0, 0.05) is 6.07 Å². The lowest BCUT2D eigenvalue weighted by Gasteiger charge is -2.15. The zero-order valence-corrected chi connectivity index (χ0v) is 11.8. The minimum Gasteiger partial charge on any atom is -0.484 e. The topological polar surface area (TPSA) is 75.7 Å². The molecule has 3 amide bonds. The number of carbonyl (C=O) groups is 3. The van der Waals surface area contributed by atoms with E-state index in [0.29, 0.717) is 5.01 Å². The van der Waals surface area contributed by atoms with Crippen molar-refractivity contribution in [3.05, 3.63) is 65.5 Å².